The molecule has 1 atom stereocenters. The van der Waals surface area contributed by atoms with E-state index in [0.29, 0.717) is 6.04 Å². The molecule has 2 aromatic carbocycles. The summed E-state index contributed by atoms with van der Waals surface area (Å²) >= 11 is 5.96. The van der Waals surface area contributed by atoms with Crippen molar-refractivity contribution in [1.29, 1.82) is 0 Å². The highest BCUT2D eigenvalue weighted by Crippen LogP contribution is 2.24. The fraction of sp³-hybridized carbons (Fsp3) is 0.333. The number of hydrogen-bond donors (Lipinski definition) is 1. The lowest BCUT2D eigenvalue weighted by Gasteiger charge is -2.25. The molecule has 1 aliphatic rings. The van der Waals surface area contributed by atoms with Crippen LogP contribution in [0, 0.1) is 0 Å². The molecule has 0 aliphatic carbocycles. The highest BCUT2D eigenvalue weighted by atomic mass is 35.5. The molecule has 0 bridgehead atoms. The van der Waals surface area contributed by atoms with Gasteiger partial charge in [0, 0.05) is 30.7 Å². The van der Waals surface area contributed by atoms with Gasteiger partial charge in [-0.3, -0.25) is 4.90 Å². The number of halogens is 1. The Bertz CT molecular complexity index is 622. The first kappa shape index (κ1) is 14.6. The molecule has 1 N–H and O–H groups in total. The quantitative estimate of drug-likeness (QED) is 0.913. The number of benzene rings is 2. The standard InChI is InChI=1S/C18H21ClN2/c1-13(15-5-7-18(19)8-6-15)21(2)12-14-3-4-16-10-20-11-17(16)9-14/h3-9,13,20H,10-12H2,1-2H3. The summed E-state index contributed by atoms with van der Waals surface area (Å²) in [6.45, 7) is 5.20. The number of rotatable bonds is 4. The van der Waals surface area contributed by atoms with Gasteiger partial charge in [0.2, 0.25) is 0 Å². The van der Waals surface area contributed by atoms with Gasteiger partial charge >= 0.3 is 0 Å². The Balaban J connectivity index is 1.70. The van der Waals surface area contributed by atoms with Crippen LogP contribution in [0.15, 0.2) is 42.5 Å². The molecule has 1 aliphatic heterocycles. The second-order valence-electron chi connectivity index (χ2n) is 5.85. The summed E-state index contributed by atoms with van der Waals surface area (Å²) in [4.78, 5) is 2.37. The van der Waals surface area contributed by atoms with Crippen LogP contribution in [0.3, 0.4) is 0 Å². The molecule has 2 aromatic rings. The zero-order valence-electron chi connectivity index (χ0n) is 12.6. The minimum Gasteiger partial charge on any atom is -0.309 e. The Hall–Kier alpha value is -1.35. The normalized spacial score (nSPS) is 15.2. The van der Waals surface area contributed by atoms with Crippen molar-refractivity contribution in [2.24, 2.45) is 0 Å². The van der Waals surface area contributed by atoms with Crippen molar-refractivity contribution in [2.75, 3.05) is 7.05 Å². The molecule has 0 spiro atoms. The summed E-state index contributed by atoms with van der Waals surface area (Å²) in [6, 6.07) is 15.3. The van der Waals surface area contributed by atoms with Gasteiger partial charge in [0.25, 0.3) is 0 Å². The molecule has 110 valence electrons. The summed E-state index contributed by atoms with van der Waals surface area (Å²) in [5, 5.41) is 4.19. The van der Waals surface area contributed by atoms with E-state index in [4.69, 9.17) is 11.6 Å². The predicted molar refractivity (Wildman–Crippen MR) is 88.3 cm³/mol. The molecule has 1 heterocycles. The Morgan fingerprint density at radius 2 is 1.81 bits per heavy atom. The van der Waals surface area contributed by atoms with Crippen molar-refractivity contribution < 1.29 is 0 Å². The van der Waals surface area contributed by atoms with Gasteiger partial charge in [-0.1, -0.05) is 41.9 Å². The molecule has 0 saturated carbocycles. The Labute approximate surface area is 131 Å². The van der Waals surface area contributed by atoms with Crippen LogP contribution in [0.5, 0.6) is 0 Å². The SMILES string of the molecule is CC(c1ccc(Cl)cc1)N(C)Cc1ccc2c(c1)CNC2. The van der Waals surface area contributed by atoms with Gasteiger partial charge in [-0.2, -0.15) is 0 Å². The van der Waals surface area contributed by atoms with E-state index in [1.165, 1.54) is 22.3 Å². The molecule has 21 heavy (non-hydrogen) atoms. The molecule has 0 amide bonds. The van der Waals surface area contributed by atoms with E-state index in [-0.39, 0.29) is 0 Å². The molecule has 2 nitrogen and oxygen atoms in total. The molecule has 0 radical (unpaired) electrons. The van der Waals surface area contributed by atoms with E-state index in [1.54, 1.807) is 0 Å². The van der Waals surface area contributed by atoms with E-state index in [2.05, 4.69) is 54.5 Å². The predicted octanol–water partition coefficient (Wildman–Crippen LogP) is 4.14. The maximum atomic E-state index is 5.96. The monoisotopic (exact) mass is 300 g/mol. The average Bonchev–Trinajstić information content (AvgIpc) is 2.95. The van der Waals surface area contributed by atoms with Gasteiger partial charge < -0.3 is 5.32 Å². The first-order chi connectivity index (χ1) is 10.1. The van der Waals surface area contributed by atoms with Gasteiger partial charge in [-0.15, -0.1) is 0 Å². The minimum atomic E-state index is 0.369. The fourth-order valence-corrected chi connectivity index (χ4v) is 2.99. The van der Waals surface area contributed by atoms with E-state index >= 15 is 0 Å². The number of nitrogens with zero attached hydrogens (tertiary/aromatic N) is 1. The highest BCUT2D eigenvalue weighted by Gasteiger charge is 2.14. The van der Waals surface area contributed by atoms with Crippen LogP contribution in [0.4, 0.5) is 0 Å². The number of fused-ring (bicyclic) bond motifs is 1. The van der Waals surface area contributed by atoms with Gasteiger partial charge in [-0.05, 0) is 48.4 Å². The van der Waals surface area contributed by atoms with Gasteiger partial charge in [-0.25, -0.2) is 0 Å². The lowest BCUT2D eigenvalue weighted by molar-refractivity contribution is 0.253. The molecule has 3 heteroatoms. The van der Waals surface area contributed by atoms with Crippen LogP contribution in [-0.4, -0.2) is 11.9 Å². The van der Waals surface area contributed by atoms with E-state index in [0.717, 1.165) is 24.7 Å². The smallest absolute Gasteiger partial charge is 0.0406 e. The summed E-state index contributed by atoms with van der Waals surface area (Å²) in [6.07, 6.45) is 0. The topological polar surface area (TPSA) is 15.3 Å². The zero-order valence-corrected chi connectivity index (χ0v) is 13.3. The third-order valence-corrected chi connectivity index (χ3v) is 4.60. The minimum absolute atomic E-state index is 0.369. The van der Waals surface area contributed by atoms with Crippen molar-refractivity contribution in [1.82, 2.24) is 10.2 Å². The van der Waals surface area contributed by atoms with Crippen LogP contribution in [0.2, 0.25) is 5.02 Å². The second-order valence-corrected chi connectivity index (χ2v) is 6.29. The van der Waals surface area contributed by atoms with Crippen LogP contribution < -0.4 is 5.32 Å². The Morgan fingerprint density at radius 3 is 2.57 bits per heavy atom. The molecule has 1 unspecified atom stereocenters. The van der Waals surface area contributed by atoms with Crippen molar-refractivity contribution in [3.63, 3.8) is 0 Å². The molecular weight excluding hydrogens is 280 g/mol. The first-order valence-corrected chi connectivity index (χ1v) is 7.78. The van der Waals surface area contributed by atoms with Crippen LogP contribution in [0.1, 0.15) is 35.2 Å². The largest absolute Gasteiger partial charge is 0.309 e. The molecule has 0 aromatic heterocycles. The summed E-state index contributed by atoms with van der Waals surface area (Å²) < 4.78 is 0. The Morgan fingerprint density at radius 1 is 1.10 bits per heavy atom. The molecule has 3 rings (SSSR count). The second kappa shape index (κ2) is 6.18. The van der Waals surface area contributed by atoms with Crippen LogP contribution >= 0.6 is 11.6 Å². The third kappa shape index (κ3) is 3.29. The fourth-order valence-electron chi connectivity index (χ4n) is 2.87. The Kier molecular flexibility index (Phi) is 4.29. The van der Waals surface area contributed by atoms with Crippen molar-refractivity contribution in [3.05, 3.63) is 69.7 Å². The van der Waals surface area contributed by atoms with Crippen LogP contribution in [0.25, 0.3) is 0 Å². The lowest BCUT2D eigenvalue weighted by atomic mass is 10.0. The maximum Gasteiger partial charge on any atom is 0.0406 e. The van der Waals surface area contributed by atoms with Crippen molar-refractivity contribution in [3.8, 4) is 0 Å². The zero-order chi connectivity index (χ0) is 14.8. The highest BCUT2D eigenvalue weighted by molar-refractivity contribution is 6.30. The average molecular weight is 301 g/mol. The van der Waals surface area contributed by atoms with Crippen LogP contribution in [-0.2, 0) is 19.6 Å². The van der Waals surface area contributed by atoms with Crippen molar-refractivity contribution >= 4 is 11.6 Å². The maximum absolute atomic E-state index is 5.96. The van der Waals surface area contributed by atoms with Gasteiger partial charge in [0.15, 0.2) is 0 Å². The molecule has 0 saturated heterocycles. The third-order valence-electron chi connectivity index (χ3n) is 4.35. The van der Waals surface area contributed by atoms with E-state index < -0.39 is 0 Å². The van der Waals surface area contributed by atoms with Crippen molar-refractivity contribution in [2.45, 2.75) is 32.6 Å². The lowest BCUT2D eigenvalue weighted by Crippen LogP contribution is -2.22. The van der Waals surface area contributed by atoms with E-state index in [1.807, 2.05) is 12.1 Å². The summed E-state index contributed by atoms with van der Waals surface area (Å²) in [5.41, 5.74) is 5.55. The van der Waals surface area contributed by atoms with Gasteiger partial charge in [0.05, 0.1) is 0 Å². The number of nitrogens with one attached hydrogen (secondary N) is 1. The number of hydrogen-bond acceptors (Lipinski definition) is 2. The van der Waals surface area contributed by atoms with E-state index in [9.17, 15) is 0 Å². The summed E-state index contributed by atoms with van der Waals surface area (Å²) in [5.74, 6) is 0. The van der Waals surface area contributed by atoms with Gasteiger partial charge in [0.1, 0.15) is 0 Å². The first-order valence-electron chi connectivity index (χ1n) is 7.40. The summed E-state index contributed by atoms with van der Waals surface area (Å²) in [7, 11) is 2.17. The molecule has 0 fully saturated rings. The molecular formula is C18H21ClN2.